The molecular formula is C12H12F3NO4S. The first-order valence-electron chi connectivity index (χ1n) is 6.00. The van der Waals surface area contributed by atoms with Crippen LogP contribution in [0.15, 0.2) is 24.3 Å². The summed E-state index contributed by atoms with van der Waals surface area (Å²) in [7, 11) is -4.75. The maximum atomic E-state index is 12.9. The third-order valence-corrected chi connectivity index (χ3v) is 4.21. The van der Waals surface area contributed by atoms with E-state index in [9.17, 15) is 25.9 Å². The van der Waals surface area contributed by atoms with Gasteiger partial charge in [0.1, 0.15) is 11.0 Å². The Labute approximate surface area is 119 Å². The van der Waals surface area contributed by atoms with Crippen molar-refractivity contribution >= 4 is 16.1 Å². The second-order valence-electron chi connectivity index (χ2n) is 4.60. The van der Waals surface area contributed by atoms with Crippen molar-refractivity contribution in [1.29, 1.82) is 0 Å². The van der Waals surface area contributed by atoms with E-state index in [4.69, 9.17) is 0 Å². The van der Waals surface area contributed by atoms with E-state index in [-0.39, 0.29) is 25.3 Å². The molecule has 1 aliphatic heterocycles. The van der Waals surface area contributed by atoms with Gasteiger partial charge < -0.3 is 9.64 Å². The van der Waals surface area contributed by atoms with Crippen LogP contribution in [0.25, 0.3) is 0 Å². The molecule has 1 aromatic rings. The number of hydrogen-bond acceptors (Lipinski definition) is 4. The summed E-state index contributed by atoms with van der Waals surface area (Å²) in [6.07, 6.45) is -0.384. The number of rotatable bonds is 5. The number of benzene rings is 1. The third kappa shape index (κ3) is 4.10. The molecule has 1 atom stereocenters. The maximum absolute atomic E-state index is 12.9. The first kappa shape index (κ1) is 15.6. The van der Waals surface area contributed by atoms with Gasteiger partial charge in [-0.25, -0.2) is 0 Å². The summed E-state index contributed by atoms with van der Waals surface area (Å²) < 4.78 is 62.6. The fourth-order valence-electron chi connectivity index (χ4n) is 2.07. The number of carbonyl (C=O) groups excluding carboxylic acids is 1. The SMILES string of the molecule is O=C1CC(S(=O)(=O)F)CN1Cc1ccc(OC(F)F)cc1. The zero-order valence-electron chi connectivity index (χ0n) is 10.7. The van der Waals surface area contributed by atoms with Crippen molar-refractivity contribution in [2.24, 2.45) is 0 Å². The lowest BCUT2D eigenvalue weighted by Gasteiger charge is -2.16. The summed E-state index contributed by atoms with van der Waals surface area (Å²) in [5.74, 6) is -0.486. The van der Waals surface area contributed by atoms with E-state index in [1.807, 2.05) is 0 Å². The lowest BCUT2D eigenvalue weighted by atomic mass is 10.2. The average Bonchev–Trinajstić information content (AvgIpc) is 2.73. The number of carbonyl (C=O) groups is 1. The molecule has 0 N–H and O–H groups in total. The van der Waals surface area contributed by atoms with Crippen LogP contribution in [-0.4, -0.2) is 37.6 Å². The molecule has 1 unspecified atom stereocenters. The topological polar surface area (TPSA) is 63.7 Å². The second kappa shape index (κ2) is 5.92. The van der Waals surface area contributed by atoms with Crippen molar-refractivity contribution in [3.63, 3.8) is 0 Å². The normalized spacial score (nSPS) is 19.3. The van der Waals surface area contributed by atoms with Gasteiger partial charge in [-0.2, -0.15) is 17.2 Å². The minimum Gasteiger partial charge on any atom is -0.435 e. The molecule has 1 amide bonds. The van der Waals surface area contributed by atoms with Gasteiger partial charge in [-0.15, -0.1) is 3.89 Å². The van der Waals surface area contributed by atoms with Crippen LogP contribution in [0.5, 0.6) is 5.75 Å². The van der Waals surface area contributed by atoms with Gasteiger partial charge in [-0.3, -0.25) is 4.79 Å². The van der Waals surface area contributed by atoms with Crippen LogP contribution in [0.2, 0.25) is 0 Å². The molecule has 0 bridgehead atoms. The maximum Gasteiger partial charge on any atom is 0.387 e. The summed E-state index contributed by atoms with van der Waals surface area (Å²) in [6, 6.07) is 5.57. The predicted molar refractivity (Wildman–Crippen MR) is 66.9 cm³/mol. The van der Waals surface area contributed by atoms with Gasteiger partial charge in [-0.05, 0) is 17.7 Å². The standard InChI is InChI=1S/C12H12F3NO4S/c13-12(14)20-9-3-1-8(2-4-9)6-16-7-10(5-11(16)17)21(15,18)19/h1-4,10,12H,5-7H2. The lowest BCUT2D eigenvalue weighted by Crippen LogP contribution is -2.26. The Balaban J connectivity index is 2.00. The highest BCUT2D eigenvalue weighted by Gasteiger charge is 2.38. The number of halogens is 3. The van der Waals surface area contributed by atoms with E-state index in [0.29, 0.717) is 5.56 Å². The highest BCUT2D eigenvalue weighted by molar-refractivity contribution is 7.87. The van der Waals surface area contributed by atoms with Crippen molar-refractivity contribution in [2.45, 2.75) is 24.8 Å². The molecule has 1 aliphatic rings. The summed E-state index contributed by atoms with van der Waals surface area (Å²) >= 11 is 0. The smallest absolute Gasteiger partial charge is 0.387 e. The monoisotopic (exact) mass is 323 g/mol. The molecule has 9 heteroatoms. The Hall–Kier alpha value is -1.77. The summed E-state index contributed by atoms with van der Waals surface area (Å²) in [5.41, 5.74) is 0.599. The summed E-state index contributed by atoms with van der Waals surface area (Å²) in [5, 5.41) is -1.34. The molecule has 0 aromatic heterocycles. The van der Waals surface area contributed by atoms with E-state index in [0.717, 1.165) is 0 Å². The molecule has 116 valence electrons. The van der Waals surface area contributed by atoms with E-state index in [2.05, 4.69) is 4.74 Å². The molecule has 1 saturated heterocycles. The van der Waals surface area contributed by atoms with Gasteiger partial charge in [0.25, 0.3) is 0 Å². The van der Waals surface area contributed by atoms with Crippen molar-refractivity contribution in [1.82, 2.24) is 4.90 Å². The number of amides is 1. The molecule has 2 rings (SSSR count). The number of nitrogens with zero attached hydrogens (tertiary/aromatic N) is 1. The number of hydrogen-bond donors (Lipinski definition) is 0. The zero-order valence-corrected chi connectivity index (χ0v) is 11.5. The second-order valence-corrected chi connectivity index (χ2v) is 6.22. The van der Waals surface area contributed by atoms with Crippen LogP contribution < -0.4 is 4.74 Å². The third-order valence-electron chi connectivity index (χ3n) is 3.10. The van der Waals surface area contributed by atoms with Crippen LogP contribution in [0.4, 0.5) is 12.7 Å². The Bertz CT molecular complexity index is 618. The van der Waals surface area contributed by atoms with E-state index < -0.39 is 28.0 Å². The lowest BCUT2D eigenvalue weighted by molar-refractivity contribution is -0.128. The fraction of sp³-hybridized carbons (Fsp3) is 0.417. The highest BCUT2D eigenvalue weighted by Crippen LogP contribution is 2.22. The molecule has 21 heavy (non-hydrogen) atoms. The van der Waals surface area contributed by atoms with Crippen LogP contribution in [0, 0.1) is 0 Å². The van der Waals surface area contributed by atoms with Crippen molar-refractivity contribution < 1.29 is 30.6 Å². The van der Waals surface area contributed by atoms with Crippen molar-refractivity contribution in [3.05, 3.63) is 29.8 Å². The molecule has 1 fully saturated rings. The van der Waals surface area contributed by atoms with E-state index in [1.54, 1.807) is 0 Å². The summed E-state index contributed by atoms with van der Waals surface area (Å²) in [4.78, 5) is 12.8. The molecule has 1 heterocycles. The van der Waals surface area contributed by atoms with Gasteiger partial charge in [0.15, 0.2) is 0 Å². The first-order valence-corrected chi connectivity index (χ1v) is 7.45. The van der Waals surface area contributed by atoms with Gasteiger partial charge in [0.2, 0.25) is 5.91 Å². The Morgan fingerprint density at radius 3 is 2.38 bits per heavy atom. The molecular weight excluding hydrogens is 311 g/mol. The largest absolute Gasteiger partial charge is 0.435 e. The van der Waals surface area contributed by atoms with Gasteiger partial charge >= 0.3 is 16.8 Å². The Morgan fingerprint density at radius 2 is 1.90 bits per heavy atom. The van der Waals surface area contributed by atoms with Crippen molar-refractivity contribution in [2.75, 3.05) is 6.54 Å². The number of ether oxygens (including phenoxy) is 1. The van der Waals surface area contributed by atoms with E-state index in [1.165, 1.54) is 29.2 Å². The molecule has 0 saturated carbocycles. The quantitative estimate of drug-likeness (QED) is 0.774. The zero-order chi connectivity index (χ0) is 15.6. The number of alkyl halides is 2. The van der Waals surface area contributed by atoms with Crippen LogP contribution in [-0.2, 0) is 21.6 Å². The first-order chi connectivity index (χ1) is 9.75. The fourth-order valence-corrected chi connectivity index (χ4v) is 2.77. The predicted octanol–water partition coefficient (Wildman–Crippen LogP) is 1.69. The molecule has 5 nitrogen and oxygen atoms in total. The van der Waals surface area contributed by atoms with Crippen LogP contribution >= 0.6 is 0 Å². The Morgan fingerprint density at radius 1 is 1.29 bits per heavy atom. The van der Waals surface area contributed by atoms with Crippen LogP contribution in [0.1, 0.15) is 12.0 Å². The molecule has 0 aliphatic carbocycles. The Kier molecular flexibility index (Phi) is 4.40. The van der Waals surface area contributed by atoms with Gasteiger partial charge in [0.05, 0.1) is 0 Å². The minimum atomic E-state index is -4.75. The van der Waals surface area contributed by atoms with Crippen molar-refractivity contribution in [3.8, 4) is 5.75 Å². The molecule has 0 spiro atoms. The molecule has 1 aromatic carbocycles. The van der Waals surface area contributed by atoms with Gasteiger partial charge in [0, 0.05) is 19.5 Å². The van der Waals surface area contributed by atoms with E-state index >= 15 is 0 Å². The van der Waals surface area contributed by atoms with Gasteiger partial charge in [-0.1, -0.05) is 12.1 Å². The minimum absolute atomic E-state index is 0.0225. The average molecular weight is 323 g/mol. The number of likely N-dealkylation sites (tertiary alicyclic amines) is 1. The van der Waals surface area contributed by atoms with Crippen LogP contribution in [0.3, 0.4) is 0 Å². The highest BCUT2D eigenvalue weighted by atomic mass is 32.3. The summed E-state index contributed by atoms with van der Waals surface area (Å²) in [6.45, 7) is -3.06. The molecule has 0 radical (unpaired) electrons.